The lowest BCUT2D eigenvalue weighted by molar-refractivity contribution is 0.101. The Bertz CT molecular complexity index is 1350. The summed E-state index contributed by atoms with van der Waals surface area (Å²) in [5.41, 5.74) is 2.84. The lowest BCUT2D eigenvalue weighted by Crippen LogP contribution is -2.59. The van der Waals surface area contributed by atoms with Crippen LogP contribution in [0.5, 0.6) is 0 Å². The lowest BCUT2D eigenvalue weighted by Gasteiger charge is -2.49. The van der Waals surface area contributed by atoms with E-state index in [1.807, 2.05) is 11.1 Å². The van der Waals surface area contributed by atoms with E-state index in [0.717, 1.165) is 19.4 Å². The Hall–Kier alpha value is -3.25. The molecule has 5 rings (SSSR count). The second-order valence-corrected chi connectivity index (χ2v) is 10.2. The fraction of sp³-hybridized carbons (Fsp3) is 0.556. The number of piperazine rings is 1. The summed E-state index contributed by atoms with van der Waals surface area (Å²) in [7, 11) is 1.52. The van der Waals surface area contributed by atoms with Crippen molar-refractivity contribution in [3.8, 4) is 6.07 Å². The highest BCUT2D eigenvalue weighted by atomic mass is 19.1. The molecule has 8 nitrogen and oxygen atoms in total. The van der Waals surface area contributed by atoms with E-state index in [2.05, 4.69) is 48.9 Å². The third-order valence-electron chi connectivity index (χ3n) is 7.98. The molecule has 0 aromatic carbocycles. The van der Waals surface area contributed by atoms with Crippen molar-refractivity contribution in [1.29, 1.82) is 5.26 Å². The number of anilines is 1. The Morgan fingerprint density at radius 1 is 1.19 bits per heavy atom. The average molecular weight is 492 g/mol. The van der Waals surface area contributed by atoms with Crippen molar-refractivity contribution >= 4 is 11.3 Å². The normalized spacial score (nSPS) is 21.6. The number of nitrogens with zero attached hydrogens (tertiary/aromatic N) is 7. The van der Waals surface area contributed by atoms with Gasteiger partial charge in [0.15, 0.2) is 5.65 Å². The van der Waals surface area contributed by atoms with Crippen LogP contribution in [0.15, 0.2) is 29.3 Å². The number of rotatable bonds is 7. The Kier molecular flexibility index (Phi) is 6.56. The molecule has 9 heteroatoms. The molecule has 190 valence electrons. The van der Waals surface area contributed by atoms with Gasteiger partial charge in [0, 0.05) is 56.1 Å². The van der Waals surface area contributed by atoms with E-state index in [9.17, 15) is 4.79 Å². The van der Waals surface area contributed by atoms with E-state index in [4.69, 9.17) is 10.2 Å². The molecule has 3 aromatic rings. The standard InChI is InChI=1S/C27H34FN7O/c1-5-21-16-34(25-24(28)27(36)32(4)35-14-20(11-12-29)31-26(25)35)22(6-2)15-33(21)17(3)19-9-10-23(30-13-19)18-7-8-18/h9-10,13-14,17-18,21-22H,5-8,11,15-16H2,1-4H3/t17?,21-,22+/m1/s1. The van der Waals surface area contributed by atoms with Crippen LogP contribution >= 0.6 is 0 Å². The lowest BCUT2D eigenvalue weighted by atomic mass is 9.97. The number of fused-ring (bicyclic) bond motifs is 1. The molecular formula is C27H34FN7O. The molecule has 3 aromatic heterocycles. The van der Waals surface area contributed by atoms with Gasteiger partial charge in [0.25, 0.3) is 0 Å². The van der Waals surface area contributed by atoms with Crippen LogP contribution in [-0.4, -0.2) is 49.2 Å². The Balaban J connectivity index is 1.50. The molecule has 1 aliphatic heterocycles. The summed E-state index contributed by atoms with van der Waals surface area (Å²) in [5, 5.41) is 9.15. The van der Waals surface area contributed by atoms with Crippen molar-refractivity contribution in [3.63, 3.8) is 0 Å². The number of nitriles is 1. The zero-order valence-electron chi connectivity index (χ0n) is 21.5. The maximum Gasteiger partial charge on any atom is 0.303 e. The van der Waals surface area contributed by atoms with Crippen LogP contribution in [-0.2, 0) is 13.5 Å². The summed E-state index contributed by atoms with van der Waals surface area (Å²) in [4.78, 5) is 26.7. The first-order valence-corrected chi connectivity index (χ1v) is 13.0. The zero-order valence-corrected chi connectivity index (χ0v) is 21.5. The van der Waals surface area contributed by atoms with Gasteiger partial charge >= 0.3 is 5.56 Å². The van der Waals surface area contributed by atoms with E-state index in [1.165, 1.54) is 35.8 Å². The summed E-state index contributed by atoms with van der Waals surface area (Å²) in [6, 6.07) is 6.82. The third kappa shape index (κ3) is 4.17. The van der Waals surface area contributed by atoms with Gasteiger partial charge in [-0.15, -0.1) is 0 Å². The molecule has 2 aliphatic rings. The minimum Gasteiger partial charge on any atom is -0.360 e. The second-order valence-electron chi connectivity index (χ2n) is 10.2. The second kappa shape index (κ2) is 9.66. The SMILES string of the molecule is CC[C@H]1CN(C(C)c2ccc(C3CC3)nc2)[C@H](CC)CN1c1c(F)c(=O)n(C)n2cc(CC#N)nc12. The van der Waals surface area contributed by atoms with Gasteiger partial charge in [-0.2, -0.15) is 9.65 Å². The van der Waals surface area contributed by atoms with Crippen LogP contribution in [0.2, 0.25) is 0 Å². The number of hydrogen-bond donors (Lipinski definition) is 0. The van der Waals surface area contributed by atoms with E-state index in [1.54, 1.807) is 10.7 Å². The topological polar surface area (TPSA) is 82.5 Å². The van der Waals surface area contributed by atoms with Crippen molar-refractivity contribution in [1.82, 2.24) is 24.1 Å². The summed E-state index contributed by atoms with van der Waals surface area (Å²) in [5.74, 6) is -0.152. The van der Waals surface area contributed by atoms with Crippen LogP contribution < -0.4 is 10.5 Å². The summed E-state index contributed by atoms with van der Waals surface area (Å²) in [6.07, 6.45) is 7.93. The molecule has 1 unspecified atom stereocenters. The molecule has 0 bridgehead atoms. The molecule has 1 aliphatic carbocycles. The van der Waals surface area contributed by atoms with Crippen LogP contribution in [0.3, 0.4) is 0 Å². The van der Waals surface area contributed by atoms with Gasteiger partial charge in [-0.25, -0.2) is 14.2 Å². The molecule has 2 fully saturated rings. The third-order valence-corrected chi connectivity index (χ3v) is 7.98. The number of halogens is 1. The van der Waals surface area contributed by atoms with Crippen LogP contribution in [0.4, 0.5) is 10.1 Å². The Morgan fingerprint density at radius 2 is 1.94 bits per heavy atom. The highest BCUT2D eigenvalue weighted by molar-refractivity contribution is 5.70. The van der Waals surface area contributed by atoms with Crippen molar-refractivity contribution in [3.05, 3.63) is 57.6 Å². The predicted octanol–water partition coefficient (Wildman–Crippen LogP) is 3.95. The molecular weight excluding hydrogens is 457 g/mol. The van der Waals surface area contributed by atoms with Crippen LogP contribution in [0, 0.1) is 17.1 Å². The Morgan fingerprint density at radius 3 is 2.56 bits per heavy atom. The fourth-order valence-corrected chi connectivity index (χ4v) is 5.58. The summed E-state index contributed by atoms with van der Waals surface area (Å²) < 4.78 is 18.4. The molecule has 4 heterocycles. The number of aryl methyl sites for hydroxylation is 1. The van der Waals surface area contributed by atoms with Crippen molar-refractivity contribution in [2.75, 3.05) is 18.0 Å². The van der Waals surface area contributed by atoms with Gasteiger partial charge in [-0.3, -0.25) is 14.7 Å². The van der Waals surface area contributed by atoms with E-state index >= 15 is 4.39 Å². The molecule has 1 saturated carbocycles. The van der Waals surface area contributed by atoms with Gasteiger partial charge < -0.3 is 4.90 Å². The monoisotopic (exact) mass is 491 g/mol. The van der Waals surface area contributed by atoms with Crippen LogP contribution in [0.1, 0.15) is 75.4 Å². The maximum absolute atomic E-state index is 15.6. The molecule has 0 spiro atoms. The molecule has 1 saturated heterocycles. The number of aromatic nitrogens is 4. The smallest absolute Gasteiger partial charge is 0.303 e. The fourth-order valence-electron chi connectivity index (χ4n) is 5.58. The molecule has 0 amide bonds. The minimum absolute atomic E-state index is 0.00969. The van der Waals surface area contributed by atoms with Gasteiger partial charge in [0.2, 0.25) is 5.82 Å². The number of imidazole rings is 1. The van der Waals surface area contributed by atoms with E-state index in [-0.39, 0.29) is 30.2 Å². The van der Waals surface area contributed by atoms with E-state index in [0.29, 0.717) is 23.8 Å². The highest BCUT2D eigenvalue weighted by Crippen LogP contribution is 2.39. The number of pyridine rings is 1. The maximum atomic E-state index is 15.6. The van der Waals surface area contributed by atoms with Gasteiger partial charge in [-0.1, -0.05) is 19.9 Å². The molecule has 0 N–H and O–H groups in total. The predicted molar refractivity (Wildman–Crippen MR) is 137 cm³/mol. The number of hydrogen-bond acceptors (Lipinski definition) is 6. The molecule has 0 radical (unpaired) electrons. The largest absolute Gasteiger partial charge is 0.360 e. The van der Waals surface area contributed by atoms with Crippen LogP contribution in [0.25, 0.3) is 5.65 Å². The van der Waals surface area contributed by atoms with Crippen molar-refractivity contribution in [2.24, 2.45) is 7.05 Å². The highest BCUT2D eigenvalue weighted by Gasteiger charge is 2.38. The Labute approximate surface area is 211 Å². The van der Waals surface area contributed by atoms with Gasteiger partial charge in [0.1, 0.15) is 5.69 Å². The van der Waals surface area contributed by atoms with Crippen molar-refractivity contribution < 1.29 is 4.39 Å². The van der Waals surface area contributed by atoms with Gasteiger partial charge in [0.05, 0.1) is 24.4 Å². The minimum atomic E-state index is -0.784. The first-order chi connectivity index (χ1) is 17.4. The molecule has 36 heavy (non-hydrogen) atoms. The molecule has 3 atom stereocenters. The summed E-state index contributed by atoms with van der Waals surface area (Å²) >= 11 is 0. The zero-order chi connectivity index (χ0) is 25.6. The van der Waals surface area contributed by atoms with Gasteiger partial charge in [-0.05, 0) is 44.2 Å². The summed E-state index contributed by atoms with van der Waals surface area (Å²) in [6.45, 7) is 7.81. The van der Waals surface area contributed by atoms with Crippen molar-refractivity contribution in [2.45, 2.75) is 76.9 Å². The van der Waals surface area contributed by atoms with E-state index < -0.39 is 11.4 Å². The first kappa shape index (κ1) is 24.4. The average Bonchev–Trinajstić information content (AvgIpc) is 3.67. The first-order valence-electron chi connectivity index (χ1n) is 13.0. The quantitative estimate of drug-likeness (QED) is 0.498.